The number of imidazole rings is 2. The number of aromatic nitrogens is 6. The first-order valence-electron chi connectivity index (χ1n) is 11.9. The highest BCUT2D eigenvalue weighted by Gasteiger charge is 2.27. The molecule has 0 unspecified atom stereocenters. The molecule has 10 nitrogen and oxygen atoms in total. The Bertz CT molecular complexity index is 1290. The smallest absolute Gasteiger partial charge is 0.234 e. The van der Waals surface area contributed by atoms with Gasteiger partial charge in [-0.15, -0.1) is 0 Å². The molecule has 1 saturated heterocycles. The van der Waals surface area contributed by atoms with E-state index in [9.17, 15) is 4.79 Å². The van der Waals surface area contributed by atoms with Crippen LogP contribution >= 0.6 is 0 Å². The normalized spacial score (nSPS) is 16.4. The summed E-state index contributed by atoms with van der Waals surface area (Å²) in [5.41, 5.74) is 3.54. The summed E-state index contributed by atoms with van der Waals surface area (Å²) in [6, 6.07) is 8.68. The number of carbonyl (C=O) groups excluding carboxylic acids is 1. The van der Waals surface area contributed by atoms with Crippen molar-refractivity contribution in [2.75, 3.05) is 25.0 Å². The quantitative estimate of drug-likeness (QED) is 0.387. The highest BCUT2D eigenvalue weighted by atomic mass is 16.2. The summed E-state index contributed by atoms with van der Waals surface area (Å²) in [7, 11) is 0. The van der Waals surface area contributed by atoms with E-state index in [-0.39, 0.29) is 18.0 Å². The van der Waals surface area contributed by atoms with Crippen molar-refractivity contribution < 1.29 is 4.79 Å². The third-order valence-electron chi connectivity index (χ3n) is 6.33. The zero-order valence-corrected chi connectivity index (χ0v) is 19.8. The number of piperidine rings is 1. The molecular weight excluding hydrogens is 430 g/mol. The summed E-state index contributed by atoms with van der Waals surface area (Å²) >= 11 is 0. The number of hydrogen-bond donors (Lipinski definition) is 3. The summed E-state index contributed by atoms with van der Waals surface area (Å²) in [5, 5.41) is 6.50. The lowest BCUT2D eigenvalue weighted by atomic mass is 10.0. The second-order valence-corrected chi connectivity index (χ2v) is 9.25. The van der Waals surface area contributed by atoms with Gasteiger partial charge < -0.3 is 20.2 Å². The van der Waals surface area contributed by atoms with Crippen LogP contribution in [0.2, 0.25) is 0 Å². The summed E-state index contributed by atoms with van der Waals surface area (Å²) in [4.78, 5) is 35.4. The van der Waals surface area contributed by atoms with Gasteiger partial charge in [-0.2, -0.15) is 0 Å². The molecule has 4 aromatic rings. The highest BCUT2D eigenvalue weighted by molar-refractivity contribution is 5.82. The molecule has 1 aliphatic heterocycles. The fraction of sp³-hybridized carbons (Fsp3) is 0.458. The van der Waals surface area contributed by atoms with Crippen LogP contribution < -0.4 is 10.6 Å². The standard InChI is InChI=1S/C24H31N9O/c1-15(2)29-20(34)12-32-10-8-17(9-11-32)33-19-7-5-4-6-18(19)31-24(33)16(3)30-23-21-22(26-13-25-21)27-14-28-23/h4-7,13-17H,8-12H2,1-3H3,(H,29,34)(H2,25,26,27,28,30)/t16-/m0/s1. The molecule has 3 N–H and O–H groups in total. The lowest BCUT2D eigenvalue weighted by Crippen LogP contribution is -2.43. The minimum absolute atomic E-state index is 0.0800. The van der Waals surface area contributed by atoms with Crippen LogP contribution in [0.25, 0.3) is 22.2 Å². The van der Waals surface area contributed by atoms with Crippen molar-refractivity contribution in [3.63, 3.8) is 0 Å². The first-order chi connectivity index (χ1) is 16.5. The predicted molar refractivity (Wildman–Crippen MR) is 131 cm³/mol. The van der Waals surface area contributed by atoms with Crippen molar-refractivity contribution in [2.45, 2.75) is 51.7 Å². The number of carbonyl (C=O) groups is 1. The number of anilines is 1. The number of likely N-dealkylation sites (tertiary alicyclic amines) is 1. The molecule has 0 radical (unpaired) electrons. The minimum atomic E-state index is -0.0800. The molecule has 0 spiro atoms. The number of nitrogens with zero attached hydrogens (tertiary/aromatic N) is 6. The van der Waals surface area contributed by atoms with Gasteiger partial charge in [-0.25, -0.2) is 19.9 Å². The Kier molecular flexibility index (Phi) is 6.14. The van der Waals surface area contributed by atoms with Crippen LogP contribution in [0.15, 0.2) is 36.9 Å². The summed E-state index contributed by atoms with van der Waals surface area (Å²) in [6.07, 6.45) is 5.08. The SMILES string of the molecule is CC(C)NC(=O)CN1CCC(n2c([C@H](C)Nc3ncnc4nc[nH]c34)nc3ccccc32)CC1. The van der Waals surface area contributed by atoms with Crippen molar-refractivity contribution in [3.05, 3.63) is 42.7 Å². The van der Waals surface area contributed by atoms with E-state index in [0.29, 0.717) is 24.1 Å². The first-order valence-corrected chi connectivity index (χ1v) is 11.9. The van der Waals surface area contributed by atoms with Crippen molar-refractivity contribution >= 4 is 33.9 Å². The van der Waals surface area contributed by atoms with Crippen LogP contribution in [-0.4, -0.2) is 66.0 Å². The Morgan fingerprint density at radius 1 is 1.15 bits per heavy atom. The molecule has 1 aliphatic rings. The van der Waals surface area contributed by atoms with Crippen LogP contribution in [0.3, 0.4) is 0 Å². The Morgan fingerprint density at radius 3 is 2.74 bits per heavy atom. The third kappa shape index (κ3) is 4.45. The molecule has 34 heavy (non-hydrogen) atoms. The van der Waals surface area contributed by atoms with Gasteiger partial charge in [0.15, 0.2) is 11.5 Å². The fourth-order valence-corrected chi connectivity index (χ4v) is 4.80. The van der Waals surface area contributed by atoms with E-state index in [2.05, 4.69) is 65.2 Å². The van der Waals surface area contributed by atoms with Crippen molar-refractivity contribution in [2.24, 2.45) is 0 Å². The second-order valence-electron chi connectivity index (χ2n) is 9.25. The molecule has 3 aromatic heterocycles. The Hall–Kier alpha value is -3.53. The zero-order valence-electron chi connectivity index (χ0n) is 19.8. The molecule has 10 heteroatoms. The van der Waals surface area contributed by atoms with Crippen molar-refractivity contribution in [1.29, 1.82) is 0 Å². The van der Waals surface area contributed by atoms with Gasteiger partial charge in [0, 0.05) is 25.2 Å². The third-order valence-corrected chi connectivity index (χ3v) is 6.33. The number of para-hydroxylation sites is 2. The average Bonchev–Trinajstić information content (AvgIpc) is 3.44. The Balaban J connectivity index is 1.38. The number of hydrogen-bond acceptors (Lipinski definition) is 7. The topological polar surface area (TPSA) is 117 Å². The highest BCUT2D eigenvalue weighted by Crippen LogP contribution is 2.32. The maximum atomic E-state index is 12.2. The molecule has 5 rings (SSSR count). The van der Waals surface area contributed by atoms with Crippen LogP contribution in [0.1, 0.15) is 51.5 Å². The monoisotopic (exact) mass is 461 g/mol. The second kappa shape index (κ2) is 9.38. The van der Waals surface area contributed by atoms with Crippen molar-refractivity contribution in [3.8, 4) is 0 Å². The molecule has 4 heterocycles. The van der Waals surface area contributed by atoms with E-state index in [1.165, 1.54) is 6.33 Å². The number of benzene rings is 1. The Labute approximate surface area is 198 Å². The van der Waals surface area contributed by atoms with Gasteiger partial charge in [0.05, 0.1) is 29.9 Å². The van der Waals surface area contributed by atoms with Gasteiger partial charge in [0.2, 0.25) is 5.91 Å². The van der Waals surface area contributed by atoms with E-state index in [0.717, 1.165) is 48.3 Å². The van der Waals surface area contributed by atoms with Gasteiger partial charge in [0.25, 0.3) is 0 Å². The minimum Gasteiger partial charge on any atom is -0.358 e. The fourth-order valence-electron chi connectivity index (χ4n) is 4.80. The molecule has 1 atom stereocenters. The number of rotatable bonds is 7. The predicted octanol–water partition coefficient (Wildman–Crippen LogP) is 3.04. The van der Waals surface area contributed by atoms with Crippen LogP contribution in [0, 0.1) is 0 Å². The Morgan fingerprint density at radius 2 is 1.94 bits per heavy atom. The van der Waals surface area contributed by atoms with Crippen molar-refractivity contribution in [1.82, 2.24) is 39.7 Å². The molecule has 0 bridgehead atoms. The maximum absolute atomic E-state index is 12.2. The summed E-state index contributed by atoms with van der Waals surface area (Å²) in [6.45, 7) is 8.30. The number of nitrogens with one attached hydrogen (secondary N) is 3. The number of fused-ring (bicyclic) bond motifs is 2. The molecule has 178 valence electrons. The van der Waals surface area contributed by atoms with Gasteiger partial charge in [-0.05, 0) is 45.7 Å². The summed E-state index contributed by atoms with van der Waals surface area (Å²) < 4.78 is 2.38. The van der Waals surface area contributed by atoms with E-state index in [4.69, 9.17) is 4.98 Å². The number of aromatic amines is 1. The lowest BCUT2D eigenvalue weighted by molar-refractivity contribution is -0.123. The van der Waals surface area contributed by atoms with Gasteiger partial charge in [-0.1, -0.05) is 12.1 Å². The molecule has 1 aromatic carbocycles. The number of H-pyrrole nitrogens is 1. The van der Waals surface area contributed by atoms with Gasteiger partial charge >= 0.3 is 0 Å². The van der Waals surface area contributed by atoms with E-state index in [1.807, 2.05) is 19.9 Å². The van der Waals surface area contributed by atoms with Crippen LogP contribution in [-0.2, 0) is 4.79 Å². The van der Waals surface area contributed by atoms with E-state index in [1.54, 1.807) is 6.33 Å². The average molecular weight is 462 g/mol. The molecule has 0 saturated carbocycles. The van der Waals surface area contributed by atoms with E-state index >= 15 is 0 Å². The maximum Gasteiger partial charge on any atom is 0.234 e. The lowest BCUT2D eigenvalue weighted by Gasteiger charge is -2.34. The molecular formula is C24H31N9O. The molecule has 1 fully saturated rings. The zero-order chi connectivity index (χ0) is 23.7. The van der Waals surface area contributed by atoms with Gasteiger partial charge in [0.1, 0.15) is 17.7 Å². The van der Waals surface area contributed by atoms with Crippen LogP contribution in [0.5, 0.6) is 0 Å². The molecule has 0 aliphatic carbocycles. The largest absolute Gasteiger partial charge is 0.358 e. The van der Waals surface area contributed by atoms with Gasteiger partial charge in [-0.3, -0.25) is 9.69 Å². The summed E-state index contributed by atoms with van der Waals surface area (Å²) in [5.74, 6) is 1.78. The molecule has 1 amide bonds. The first kappa shape index (κ1) is 22.3. The number of amides is 1. The van der Waals surface area contributed by atoms with Crippen LogP contribution in [0.4, 0.5) is 5.82 Å². The van der Waals surface area contributed by atoms with E-state index < -0.39 is 0 Å².